The van der Waals surface area contributed by atoms with Gasteiger partial charge in [0.1, 0.15) is 17.7 Å². The number of nitrogens with one attached hydrogen (secondary N) is 2. The van der Waals surface area contributed by atoms with E-state index in [1.165, 1.54) is 0 Å². The first-order valence-electron chi connectivity index (χ1n) is 12.1. The molecule has 0 radical (unpaired) electrons. The van der Waals surface area contributed by atoms with E-state index < -0.39 is 35.6 Å². The summed E-state index contributed by atoms with van der Waals surface area (Å²) in [5.41, 5.74) is 1.77. The summed E-state index contributed by atoms with van der Waals surface area (Å²) >= 11 is 0. The molecule has 0 saturated heterocycles. The number of hydrogen-bond acceptors (Lipinski definition) is 4. The minimum Gasteiger partial charge on any atom is -0.444 e. The molecule has 3 amide bonds. The molecule has 0 spiro atoms. The van der Waals surface area contributed by atoms with Gasteiger partial charge < -0.3 is 15.4 Å². The van der Waals surface area contributed by atoms with Crippen molar-refractivity contribution >= 4 is 23.6 Å². The van der Waals surface area contributed by atoms with Crippen LogP contribution >= 0.6 is 0 Å². The highest BCUT2D eigenvalue weighted by atomic mass is 16.6. The van der Waals surface area contributed by atoms with E-state index >= 15 is 0 Å². The van der Waals surface area contributed by atoms with Gasteiger partial charge in [-0.15, -0.1) is 6.42 Å². The zero-order valence-electron chi connectivity index (χ0n) is 22.3. The number of ether oxygens (including phenoxy) is 1. The van der Waals surface area contributed by atoms with Crippen LogP contribution in [0.3, 0.4) is 0 Å². The molecule has 0 aliphatic rings. The SMILES string of the molecule is C#Cc1ccc(C(C(=O)Nc2ccccc2C)N(C#C)C(=O)C(CC(C)C)NC(=O)OC(C)(C)C)cc1. The Labute approximate surface area is 220 Å². The Kier molecular flexibility index (Phi) is 9.91. The topological polar surface area (TPSA) is 87.7 Å². The summed E-state index contributed by atoms with van der Waals surface area (Å²) < 4.78 is 5.35. The summed E-state index contributed by atoms with van der Waals surface area (Å²) in [5.74, 6) is 1.46. The van der Waals surface area contributed by atoms with Crippen molar-refractivity contribution in [2.75, 3.05) is 5.32 Å². The summed E-state index contributed by atoms with van der Waals surface area (Å²) in [7, 11) is 0. The van der Waals surface area contributed by atoms with Gasteiger partial charge in [-0.1, -0.05) is 56.5 Å². The second-order valence-electron chi connectivity index (χ2n) is 10.1. The monoisotopic (exact) mass is 501 g/mol. The van der Waals surface area contributed by atoms with E-state index in [1.54, 1.807) is 57.2 Å². The molecule has 0 aliphatic heterocycles. The molecule has 0 heterocycles. The molecule has 2 N–H and O–H groups in total. The van der Waals surface area contributed by atoms with Crippen molar-refractivity contribution in [1.29, 1.82) is 0 Å². The lowest BCUT2D eigenvalue weighted by Gasteiger charge is -2.31. The molecule has 2 unspecified atom stereocenters. The maximum Gasteiger partial charge on any atom is 0.408 e. The molecule has 0 aliphatic carbocycles. The summed E-state index contributed by atoms with van der Waals surface area (Å²) in [4.78, 5) is 41.0. The first kappa shape index (κ1) is 29.0. The van der Waals surface area contributed by atoms with Gasteiger partial charge in [0.25, 0.3) is 11.8 Å². The molecule has 2 aromatic carbocycles. The van der Waals surface area contributed by atoms with Crippen LogP contribution in [0.1, 0.15) is 63.8 Å². The second-order valence-corrected chi connectivity index (χ2v) is 10.1. The average molecular weight is 502 g/mol. The number of terminal acetylenes is 2. The zero-order valence-corrected chi connectivity index (χ0v) is 22.3. The number of para-hydroxylation sites is 1. The van der Waals surface area contributed by atoms with Gasteiger partial charge in [0, 0.05) is 17.3 Å². The van der Waals surface area contributed by atoms with Gasteiger partial charge in [-0.05, 0) is 69.4 Å². The van der Waals surface area contributed by atoms with E-state index in [4.69, 9.17) is 17.6 Å². The molecule has 37 heavy (non-hydrogen) atoms. The molecular weight excluding hydrogens is 466 g/mol. The Bertz CT molecular complexity index is 1200. The zero-order chi connectivity index (χ0) is 27.8. The normalized spacial score (nSPS) is 12.5. The number of hydrogen-bond donors (Lipinski definition) is 2. The highest BCUT2D eigenvalue weighted by Gasteiger charge is 2.36. The highest BCUT2D eigenvalue weighted by Crippen LogP contribution is 2.26. The third kappa shape index (κ3) is 8.44. The summed E-state index contributed by atoms with van der Waals surface area (Å²) in [5, 5.41) is 5.51. The van der Waals surface area contributed by atoms with E-state index in [-0.39, 0.29) is 5.92 Å². The van der Waals surface area contributed by atoms with E-state index in [9.17, 15) is 14.4 Å². The quantitative estimate of drug-likeness (QED) is 0.393. The maximum absolute atomic E-state index is 13.8. The third-order valence-corrected chi connectivity index (χ3v) is 5.38. The second kappa shape index (κ2) is 12.6. The lowest BCUT2D eigenvalue weighted by molar-refractivity contribution is -0.137. The number of carbonyl (C=O) groups excluding carboxylic acids is 3. The smallest absolute Gasteiger partial charge is 0.408 e. The van der Waals surface area contributed by atoms with Crippen molar-refractivity contribution in [3.63, 3.8) is 0 Å². The molecule has 0 bridgehead atoms. The van der Waals surface area contributed by atoms with Crippen molar-refractivity contribution in [2.45, 2.75) is 65.6 Å². The van der Waals surface area contributed by atoms with Gasteiger partial charge >= 0.3 is 6.09 Å². The van der Waals surface area contributed by atoms with Crippen molar-refractivity contribution in [3.8, 4) is 24.8 Å². The molecule has 0 fully saturated rings. The van der Waals surface area contributed by atoms with Gasteiger partial charge in [-0.2, -0.15) is 0 Å². The predicted molar refractivity (Wildman–Crippen MR) is 145 cm³/mol. The first-order valence-corrected chi connectivity index (χ1v) is 12.1. The fourth-order valence-electron chi connectivity index (χ4n) is 3.67. The highest BCUT2D eigenvalue weighted by molar-refractivity contribution is 6.00. The first-order chi connectivity index (χ1) is 17.4. The Balaban J connectivity index is 2.49. The van der Waals surface area contributed by atoms with E-state index in [2.05, 4.69) is 22.6 Å². The summed E-state index contributed by atoms with van der Waals surface area (Å²) in [6, 6.07) is 14.1. The number of rotatable bonds is 8. The van der Waals surface area contributed by atoms with Crippen molar-refractivity contribution in [1.82, 2.24) is 10.2 Å². The molecule has 194 valence electrons. The Hall–Kier alpha value is -4.23. The Morgan fingerprint density at radius 2 is 1.65 bits per heavy atom. The van der Waals surface area contributed by atoms with Crippen LogP contribution < -0.4 is 10.6 Å². The maximum atomic E-state index is 13.8. The van der Waals surface area contributed by atoms with Crippen LogP contribution in [0.2, 0.25) is 0 Å². The number of aryl methyl sites for hydroxylation is 1. The number of nitrogens with zero attached hydrogens (tertiary/aromatic N) is 1. The van der Waals surface area contributed by atoms with Crippen LogP contribution in [0.25, 0.3) is 0 Å². The number of amides is 3. The third-order valence-electron chi connectivity index (χ3n) is 5.38. The van der Waals surface area contributed by atoms with Gasteiger partial charge in [-0.3, -0.25) is 14.5 Å². The number of benzene rings is 2. The molecule has 2 atom stereocenters. The molecule has 7 nitrogen and oxygen atoms in total. The van der Waals surface area contributed by atoms with Crippen LogP contribution in [0.5, 0.6) is 0 Å². The molecule has 0 aromatic heterocycles. The van der Waals surface area contributed by atoms with Gasteiger partial charge in [0.05, 0.1) is 0 Å². The molecule has 2 aromatic rings. The Morgan fingerprint density at radius 3 is 2.16 bits per heavy atom. The fraction of sp³-hybridized carbons (Fsp3) is 0.367. The number of carbonyl (C=O) groups is 3. The molecule has 7 heteroatoms. The van der Waals surface area contributed by atoms with E-state index in [1.807, 2.05) is 32.9 Å². The van der Waals surface area contributed by atoms with E-state index in [0.29, 0.717) is 23.2 Å². The summed E-state index contributed by atoms with van der Waals surface area (Å²) in [6.07, 6.45) is 10.9. The molecule has 0 saturated carbocycles. The van der Waals surface area contributed by atoms with Crippen LogP contribution in [0, 0.1) is 37.7 Å². The minimum atomic E-state index is -1.18. The van der Waals surface area contributed by atoms with Crippen LogP contribution in [0.15, 0.2) is 48.5 Å². The van der Waals surface area contributed by atoms with Crippen LogP contribution in [-0.4, -0.2) is 34.5 Å². The average Bonchev–Trinajstić information content (AvgIpc) is 2.81. The van der Waals surface area contributed by atoms with E-state index in [0.717, 1.165) is 10.5 Å². The van der Waals surface area contributed by atoms with Gasteiger partial charge in [-0.25, -0.2) is 4.79 Å². The van der Waals surface area contributed by atoms with Gasteiger partial charge in [0.2, 0.25) is 0 Å². The number of alkyl carbamates (subject to hydrolysis) is 1. The van der Waals surface area contributed by atoms with Crippen molar-refractivity contribution < 1.29 is 19.1 Å². The lowest BCUT2D eigenvalue weighted by Crippen LogP contribution is -2.51. The van der Waals surface area contributed by atoms with Crippen LogP contribution in [0.4, 0.5) is 10.5 Å². The fourth-order valence-corrected chi connectivity index (χ4v) is 3.67. The minimum absolute atomic E-state index is 0.0395. The molecular formula is C30H35N3O4. The standard InChI is InChI=1S/C30H35N3O4/c1-9-22-15-17-23(18-16-22)26(27(34)31-24-14-12-11-13-21(24)5)33(10-2)28(35)25(19-20(3)4)32-29(36)37-30(6,7)8/h1-2,11-18,20,25-26H,19H2,3-8H3,(H,31,34)(H,32,36). The van der Waals surface area contributed by atoms with Crippen molar-refractivity contribution in [3.05, 3.63) is 65.2 Å². The van der Waals surface area contributed by atoms with Gasteiger partial charge in [0.15, 0.2) is 0 Å². The van der Waals surface area contributed by atoms with Crippen molar-refractivity contribution in [2.24, 2.45) is 5.92 Å². The summed E-state index contributed by atoms with van der Waals surface area (Å²) in [6.45, 7) is 10.9. The lowest BCUT2D eigenvalue weighted by atomic mass is 9.99. The predicted octanol–water partition coefficient (Wildman–Crippen LogP) is 5.01. The Morgan fingerprint density at radius 1 is 1.03 bits per heavy atom. The largest absolute Gasteiger partial charge is 0.444 e. The molecule has 2 rings (SSSR count). The number of anilines is 1. The van der Waals surface area contributed by atoms with Crippen LogP contribution in [-0.2, 0) is 14.3 Å².